The van der Waals surface area contributed by atoms with Gasteiger partial charge in [0.2, 0.25) is 0 Å². The molecule has 1 N–H and O–H groups in total. The lowest BCUT2D eigenvalue weighted by atomic mass is 10.2. The number of benzene rings is 1. The van der Waals surface area contributed by atoms with Gasteiger partial charge in [0.1, 0.15) is 11.5 Å². The molecule has 5 heteroatoms. The van der Waals surface area contributed by atoms with Gasteiger partial charge in [-0.2, -0.15) is 5.10 Å². The Labute approximate surface area is 131 Å². The van der Waals surface area contributed by atoms with E-state index in [2.05, 4.69) is 21.2 Å². The zero-order chi connectivity index (χ0) is 15.4. The number of methoxy groups -OCH3 is 2. The Bertz CT molecular complexity index is 618. The summed E-state index contributed by atoms with van der Waals surface area (Å²) >= 11 is 0. The van der Waals surface area contributed by atoms with Gasteiger partial charge in [-0.1, -0.05) is 12.8 Å². The molecule has 0 amide bonds. The van der Waals surface area contributed by atoms with Crippen molar-refractivity contribution in [2.45, 2.75) is 38.3 Å². The topological polar surface area (TPSA) is 48.3 Å². The second kappa shape index (κ2) is 6.73. The highest BCUT2D eigenvalue weighted by Gasteiger charge is 2.19. The second-order valence-corrected chi connectivity index (χ2v) is 5.63. The minimum atomic E-state index is 0.560. The second-order valence-electron chi connectivity index (χ2n) is 5.63. The van der Waals surface area contributed by atoms with Crippen molar-refractivity contribution in [3.05, 3.63) is 36.2 Å². The van der Waals surface area contributed by atoms with Crippen LogP contribution in [-0.2, 0) is 6.54 Å². The van der Waals surface area contributed by atoms with E-state index in [1.54, 1.807) is 14.2 Å². The van der Waals surface area contributed by atoms with Gasteiger partial charge in [0.25, 0.3) is 0 Å². The van der Waals surface area contributed by atoms with E-state index in [0.717, 1.165) is 23.7 Å². The Morgan fingerprint density at radius 2 is 2.00 bits per heavy atom. The van der Waals surface area contributed by atoms with Crippen molar-refractivity contribution in [2.24, 2.45) is 0 Å². The molecule has 0 bridgehead atoms. The molecule has 2 aromatic rings. The molecule has 0 radical (unpaired) electrons. The Kier molecular flexibility index (Phi) is 4.51. The first-order valence-corrected chi connectivity index (χ1v) is 7.80. The fourth-order valence-electron chi connectivity index (χ4n) is 3.09. The average molecular weight is 301 g/mol. The maximum atomic E-state index is 5.42. The van der Waals surface area contributed by atoms with Crippen LogP contribution in [0.25, 0.3) is 0 Å². The molecule has 1 aromatic heterocycles. The predicted octanol–water partition coefficient (Wildman–Crippen LogP) is 3.63. The molecule has 0 aliphatic heterocycles. The monoisotopic (exact) mass is 301 g/mol. The molecular formula is C17H23N3O2. The summed E-state index contributed by atoms with van der Waals surface area (Å²) in [6, 6.07) is 8.44. The van der Waals surface area contributed by atoms with Crippen LogP contribution in [0.1, 0.15) is 37.4 Å². The number of aromatic nitrogens is 2. The maximum absolute atomic E-state index is 5.42. The van der Waals surface area contributed by atoms with Crippen LogP contribution in [0.5, 0.6) is 11.5 Å². The van der Waals surface area contributed by atoms with Gasteiger partial charge in [0, 0.05) is 12.3 Å². The lowest BCUT2D eigenvalue weighted by molar-refractivity contribution is 0.395. The highest BCUT2D eigenvalue weighted by Crippen LogP contribution is 2.31. The van der Waals surface area contributed by atoms with Crippen LogP contribution in [0.4, 0.5) is 5.69 Å². The van der Waals surface area contributed by atoms with Crippen molar-refractivity contribution < 1.29 is 9.47 Å². The Morgan fingerprint density at radius 3 is 2.73 bits per heavy atom. The molecule has 3 rings (SSSR count). The fraction of sp³-hybridized carbons (Fsp3) is 0.471. The SMILES string of the molecule is COc1ccc(NCc2ccnn2C2CCCC2)c(OC)c1. The number of hydrogen-bond acceptors (Lipinski definition) is 4. The summed E-state index contributed by atoms with van der Waals surface area (Å²) in [6.45, 7) is 0.735. The first-order valence-electron chi connectivity index (χ1n) is 7.80. The molecule has 1 aromatic carbocycles. The summed E-state index contributed by atoms with van der Waals surface area (Å²) in [5.41, 5.74) is 2.17. The van der Waals surface area contributed by atoms with Gasteiger partial charge in [-0.25, -0.2) is 0 Å². The zero-order valence-electron chi connectivity index (χ0n) is 13.2. The van der Waals surface area contributed by atoms with Gasteiger partial charge in [-0.15, -0.1) is 0 Å². The van der Waals surface area contributed by atoms with Crippen LogP contribution in [0, 0.1) is 0 Å². The first-order chi connectivity index (χ1) is 10.8. The van der Waals surface area contributed by atoms with E-state index in [-0.39, 0.29) is 0 Å². The molecule has 0 spiro atoms. The molecule has 118 valence electrons. The van der Waals surface area contributed by atoms with Crippen LogP contribution in [0.15, 0.2) is 30.5 Å². The van der Waals surface area contributed by atoms with E-state index in [1.807, 2.05) is 24.4 Å². The summed E-state index contributed by atoms with van der Waals surface area (Å²) in [4.78, 5) is 0. The van der Waals surface area contributed by atoms with Gasteiger partial charge >= 0.3 is 0 Å². The van der Waals surface area contributed by atoms with Crippen molar-refractivity contribution in [2.75, 3.05) is 19.5 Å². The number of rotatable bonds is 6. The molecule has 0 saturated heterocycles. The number of anilines is 1. The molecule has 1 aliphatic rings. The van der Waals surface area contributed by atoms with Gasteiger partial charge in [-0.3, -0.25) is 4.68 Å². The van der Waals surface area contributed by atoms with E-state index in [9.17, 15) is 0 Å². The van der Waals surface area contributed by atoms with E-state index in [0.29, 0.717) is 6.04 Å². The van der Waals surface area contributed by atoms with Gasteiger partial charge in [0.05, 0.1) is 38.2 Å². The minimum absolute atomic E-state index is 0.560. The van der Waals surface area contributed by atoms with E-state index in [4.69, 9.17) is 9.47 Å². The summed E-state index contributed by atoms with van der Waals surface area (Å²) in [5.74, 6) is 1.57. The normalized spacial score (nSPS) is 15.0. The molecule has 1 saturated carbocycles. The largest absolute Gasteiger partial charge is 0.497 e. The van der Waals surface area contributed by atoms with Gasteiger partial charge in [-0.05, 0) is 31.0 Å². The minimum Gasteiger partial charge on any atom is -0.497 e. The molecule has 1 fully saturated rings. The summed E-state index contributed by atoms with van der Waals surface area (Å²) < 4.78 is 12.8. The smallest absolute Gasteiger partial charge is 0.145 e. The third-order valence-electron chi connectivity index (χ3n) is 4.29. The van der Waals surface area contributed by atoms with Crippen LogP contribution in [-0.4, -0.2) is 24.0 Å². The highest BCUT2D eigenvalue weighted by atomic mass is 16.5. The van der Waals surface area contributed by atoms with Crippen molar-refractivity contribution in [1.29, 1.82) is 0 Å². The summed E-state index contributed by atoms with van der Waals surface area (Å²) in [5, 5.41) is 7.95. The molecular weight excluding hydrogens is 278 g/mol. The van der Waals surface area contributed by atoms with Crippen LogP contribution < -0.4 is 14.8 Å². The average Bonchev–Trinajstić information content (AvgIpc) is 3.23. The molecule has 5 nitrogen and oxygen atoms in total. The van der Waals surface area contributed by atoms with Crippen molar-refractivity contribution in [1.82, 2.24) is 9.78 Å². The van der Waals surface area contributed by atoms with Crippen LogP contribution >= 0.6 is 0 Å². The van der Waals surface area contributed by atoms with E-state index in [1.165, 1.54) is 31.4 Å². The molecule has 22 heavy (non-hydrogen) atoms. The van der Waals surface area contributed by atoms with E-state index >= 15 is 0 Å². The molecule has 0 unspecified atom stereocenters. The standard InChI is InChI=1S/C17H23N3O2/c1-21-15-7-8-16(17(11-15)22-2)18-12-14-9-10-19-20(14)13-5-3-4-6-13/h7-11,13,18H,3-6,12H2,1-2H3. The molecule has 1 heterocycles. The maximum Gasteiger partial charge on any atom is 0.145 e. The lowest BCUT2D eigenvalue weighted by Crippen LogP contribution is -2.13. The first kappa shape index (κ1) is 14.8. The third-order valence-corrected chi connectivity index (χ3v) is 4.29. The summed E-state index contributed by atoms with van der Waals surface area (Å²) in [7, 11) is 3.32. The Hall–Kier alpha value is -2.17. The number of ether oxygens (including phenoxy) is 2. The number of nitrogens with zero attached hydrogens (tertiary/aromatic N) is 2. The highest BCUT2D eigenvalue weighted by molar-refractivity contribution is 5.59. The Morgan fingerprint density at radius 1 is 1.18 bits per heavy atom. The Balaban J connectivity index is 1.71. The quantitative estimate of drug-likeness (QED) is 0.885. The van der Waals surface area contributed by atoms with Crippen molar-refractivity contribution in [3.8, 4) is 11.5 Å². The fourth-order valence-corrected chi connectivity index (χ4v) is 3.09. The van der Waals surface area contributed by atoms with Crippen molar-refractivity contribution >= 4 is 5.69 Å². The molecule has 0 atom stereocenters. The third kappa shape index (κ3) is 3.03. The predicted molar refractivity (Wildman–Crippen MR) is 86.6 cm³/mol. The van der Waals surface area contributed by atoms with Gasteiger partial charge in [0.15, 0.2) is 0 Å². The molecule has 1 aliphatic carbocycles. The van der Waals surface area contributed by atoms with Crippen LogP contribution in [0.3, 0.4) is 0 Å². The van der Waals surface area contributed by atoms with Crippen molar-refractivity contribution in [3.63, 3.8) is 0 Å². The number of hydrogen-bond donors (Lipinski definition) is 1. The van der Waals surface area contributed by atoms with E-state index < -0.39 is 0 Å². The zero-order valence-corrected chi connectivity index (χ0v) is 13.2. The lowest BCUT2D eigenvalue weighted by Gasteiger charge is -2.16. The summed E-state index contributed by atoms with van der Waals surface area (Å²) in [6.07, 6.45) is 6.98. The number of nitrogens with one attached hydrogen (secondary N) is 1. The van der Waals surface area contributed by atoms with Crippen LogP contribution in [0.2, 0.25) is 0 Å². The van der Waals surface area contributed by atoms with Gasteiger partial charge < -0.3 is 14.8 Å².